The van der Waals surface area contributed by atoms with Gasteiger partial charge in [0.2, 0.25) is 11.7 Å². The first kappa shape index (κ1) is 16.6. The minimum Gasteiger partial charge on any atom is -0.336 e. The molecular weight excluding hydrogens is 292 g/mol. The Labute approximate surface area is 135 Å². The van der Waals surface area contributed by atoms with Crippen LogP contribution in [0.1, 0.15) is 26.3 Å². The Hall–Kier alpha value is -2.75. The molecule has 0 aliphatic heterocycles. The largest absolute Gasteiger partial charge is 0.336 e. The first-order valence-corrected chi connectivity index (χ1v) is 7.42. The molecule has 0 saturated heterocycles. The van der Waals surface area contributed by atoms with E-state index in [1.165, 1.54) is 4.80 Å². The molecule has 0 unspecified atom stereocenters. The van der Waals surface area contributed by atoms with Crippen LogP contribution in [0.4, 0.5) is 0 Å². The molecule has 1 N–H and O–H groups in total. The third-order valence-corrected chi connectivity index (χ3v) is 3.91. The number of nitriles is 1. The molecule has 0 aliphatic carbocycles. The van der Waals surface area contributed by atoms with Crippen LogP contribution in [-0.4, -0.2) is 31.7 Å². The van der Waals surface area contributed by atoms with Gasteiger partial charge in [-0.2, -0.15) is 10.1 Å². The van der Waals surface area contributed by atoms with Gasteiger partial charge in [-0.05, 0) is 30.5 Å². The number of tetrazole rings is 1. The quantitative estimate of drug-likeness (QED) is 0.906. The number of aryl methyl sites for hydroxylation is 1. The summed E-state index contributed by atoms with van der Waals surface area (Å²) in [6, 6.07) is 9.84. The molecule has 1 atom stereocenters. The highest BCUT2D eigenvalue weighted by molar-refractivity contribution is 5.77. The Morgan fingerprint density at radius 2 is 2.13 bits per heavy atom. The summed E-state index contributed by atoms with van der Waals surface area (Å²) in [5.74, 6) is 0.141. The Balaban J connectivity index is 2.10. The molecule has 1 heterocycles. The van der Waals surface area contributed by atoms with Crippen LogP contribution >= 0.6 is 0 Å². The normalized spacial score (nSPS) is 13.4. The molecule has 0 fully saturated rings. The fourth-order valence-electron chi connectivity index (χ4n) is 2.00. The van der Waals surface area contributed by atoms with E-state index in [4.69, 9.17) is 0 Å². The molecule has 0 aliphatic rings. The molecule has 0 saturated carbocycles. The summed E-state index contributed by atoms with van der Waals surface area (Å²) in [5, 5.41) is 24.1. The summed E-state index contributed by atoms with van der Waals surface area (Å²) in [7, 11) is 0. The van der Waals surface area contributed by atoms with Crippen LogP contribution in [-0.2, 0) is 11.3 Å². The van der Waals surface area contributed by atoms with Crippen molar-refractivity contribution in [2.75, 3.05) is 0 Å². The van der Waals surface area contributed by atoms with Gasteiger partial charge in [0, 0.05) is 5.56 Å². The van der Waals surface area contributed by atoms with Crippen molar-refractivity contribution in [2.45, 2.75) is 39.8 Å². The standard InChI is InChI=1S/C16H20N6O/c1-11(2)16(4,10-17)18-14(23)9-22-20-15(19-21-22)13-8-6-5-7-12(13)3/h5-8,11H,9H2,1-4H3,(H,18,23)/t16-/m0/s1. The minimum absolute atomic E-state index is 0.0114. The van der Waals surface area contributed by atoms with E-state index < -0.39 is 5.54 Å². The summed E-state index contributed by atoms with van der Waals surface area (Å²) in [6.45, 7) is 7.34. The molecule has 23 heavy (non-hydrogen) atoms. The van der Waals surface area contributed by atoms with E-state index in [0.717, 1.165) is 11.1 Å². The van der Waals surface area contributed by atoms with Gasteiger partial charge in [0.1, 0.15) is 12.1 Å². The molecule has 7 nitrogen and oxygen atoms in total. The molecule has 0 bridgehead atoms. The summed E-state index contributed by atoms with van der Waals surface area (Å²) in [6.07, 6.45) is 0. The van der Waals surface area contributed by atoms with Crippen molar-refractivity contribution < 1.29 is 4.79 Å². The molecule has 1 amide bonds. The topological polar surface area (TPSA) is 96.5 Å². The minimum atomic E-state index is -0.920. The predicted molar refractivity (Wildman–Crippen MR) is 85.0 cm³/mol. The Kier molecular flexibility index (Phi) is 4.74. The monoisotopic (exact) mass is 312 g/mol. The number of aromatic nitrogens is 4. The molecule has 2 aromatic rings. The van der Waals surface area contributed by atoms with Gasteiger partial charge in [-0.15, -0.1) is 10.2 Å². The smallest absolute Gasteiger partial charge is 0.244 e. The van der Waals surface area contributed by atoms with Gasteiger partial charge in [0.05, 0.1) is 6.07 Å². The zero-order valence-corrected chi connectivity index (χ0v) is 13.7. The van der Waals surface area contributed by atoms with Gasteiger partial charge >= 0.3 is 0 Å². The van der Waals surface area contributed by atoms with Crippen LogP contribution in [0.5, 0.6) is 0 Å². The van der Waals surface area contributed by atoms with Crippen molar-refractivity contribution in [3.05, 3.63) is 29.8 Å². The zero-order chi connectivity index (χ0) is 17.0. The highest BCUT2D eigenvalue weighted by Crippen LogP contribution is 2.18. The summed E-state index contributed by atoms with van der Waals surface area (Å²) in [5.41, 5.74) is 0.993. The lowest BCUT2D eigenvalue weighted by Crippen LogP contribution is -2.50. The van der Waals surface area contributed by atoms with E-state index in [9.17, 15) is 10.1 Å². The molecule has 2 rings (SSSR count). The van der Waals surface area contributed by atoms with E-state index in [2.05, 4.69) is 26.8 Å². The maximum atomic E-state index is 12.1. The molecule has 120 valence electrons. The number of hydrogen-bond donors (Lipinski definition) is 1. The average Bonchev–Trinajstić information content (AvgIpc) is 2.95. The van der Waals surface area contributed by atoms with Crippen molar-refractivity contribution in [3.63, 3.8) is 0 Å². The lowest BCUT2D eigenvalue weighted by atomic mass is 9.90. The second-order valence-corrected chi connectivity index (χ2v) is 5.98. The van der Waals surface area contributed by atoms with Crippen molar-refractivity contribution in [3.8, 4) is 17.5 Å². The van der Waals surface area contributed by atoms with Crippen molar-refractivity contribution >= 4 is 5.91 Å². The van der Waals surface area contributed by atoms with Gasteiger partial charge in [0.25, 0.3) is 0 Å². The number of carbonyl (C=O) groups excluding carboxylic acids is 1. The van der Waals surface area contributed by atoms with Crippen LogP contribution in [0.3, 0.4) is 0 Å². The lowest BCUT2D eigenvalue weighted by molar-refractivity contribution is -0.123. The van der Waals surface area contributed by atoms with Crippen LogP contribution in [0, 0.1) is 24.2 Å². The van der Waals surface area contributed by atoms with Crippen LogP contribution in [0.25, 0.3) is 11.4 Å². The second kappa shape index (κ2) is 6.57. The number of carbonyl (C=O) groups is 1. The summed E-state index contributed by atoms with van der Waals surface area (Å²) in [4.78, 5) is 13.3. The van der Waals surface area contributed by atoms with E-state index in [0.29, 0.717) is 5.82 Å². The van der Waals surface area contributed by atoms with Crippen LogP contribution in [0.15, 0.2) is 24.3 Å². The molecule has 0 radical (unpaired) electrons. The molecule has 0 spiro atoms. The van der Waals surface area contributed by atoms with E-state index in [-0.39, 0.29) is 18.4 Å². The number of nitrogens with one attached hydrogen (secondary N) is 1. The first-order chi connectivity index (χ1) is 10.9. The van der Waals surface area contributed by atoms with E-state index >= 15 is 0 Å². The van der Waals surface area contributed by atoms with Gasteiger partial charge in [0.15, 0.2) is 0 Å². The maximum Gasteiger partial charge on any atom is 0.244 e. The van der Waals surface area contributed by atoms with Crippen LogP contribution < -0.4 is 5.32 Å². The van der Waals surface area contributed by atoms with Gasteiger partial charge < -0.3 is 5.32 Å². The zero-order valence-electron chi connectivity index (χ0n) is 13.7. The number of benzene rings is 1. The van der Waals surface area contributed by atoms with Crippen molar-refractivity contribution in [2.24, 2.45) is 5.92 Å². The molecule has 1 aromatic carbocycles. The van der Waals surface area contributed by atoms with Gasteiger partial charge in [-0.1, -0.05) is 38.1 Å². The second-order valence-electron chi connectivity index (χ2n) is 5.98. The number of nitrogens with zero attached hydrogens (tertiary/aromatic N) is 5. The Morgan fingerprint density at radius 3 is 2.74 bits per heavy atom. The fraction of sp³-hybridized carbons (Fsp3) is 0.438. The maximum absolute atomic E-state index is 12.1. The van der Waals surface area contributed by atoms with Crippen molar-refractivity contribution in [1.29, 1.82) is 5.26 Å². The highest BCUT2D eigenvalue weighted by Gasteiger charge is 2.30. The van der Waals surface area contributed by atoms with Crippen molar-refractivity contribution in [1.82, 2.24) is 25.5 Å². The molecule has 1 aromatic heterocycles. The first-order valence-electron chi connectivity index (χ1n) is 7.42. The number of amides is 1. The van der Waals surface area contributed by atoms with Gasteiger partial charge in [-0.3, -0.25) is 4.79 Å². The highest BCUT2D eigenvalue weighted by atomic mass is 16.2. The van der Waals surface area contributed by atoms with E-state index in [1.54, 1.807) is 6.92 Å². The number of rotatable bonds is 5. The Bertz CT molecular complexity index is 745. The Morgan fingerprint density at radius 1 is 1.43 bits per heavy atom. The number of hydrogen-bond acceptors (Lipinski definition) is 5. The molecular formula is C16H20N6O. The van der Waals surface area contributed by atoms with E-state index in [1.807, 2.05) is 45.0 Å². The predicted octanol–water partition coefficient (Wildman–Crippen LogP) is 1.70. The lowest BCUT2D eigenvalue weighted by Gasteiger charge is -2.27. The van der Waals surface area contributed by atoms with Gasteiger partial charge in [-0.25, -0.2) is 0 Å². The third kappa shape index (κ3) is 3.72. The third-order valence-electron chi connectivity index (χ3n) is 3.91. The summed E-state index contributed by atoms with van der Waals surface area (Å²) < 4.78 is 0. The SMILES string of the molecule is Cc1ccccc1-c1nnn(CC(=O)N[C@@](C)(C#N)C(C)C)n1. The molecule has 7 heteroatoms. The fourth-order valence-corrected chi connectivity index (χ4v) is 2.00. The average molecular weight is 312 g/mol. The summed E-state index contributed by atoms with van der Waals surface area (Å²) >= 11 is 0. The van der Waals surface area contributed by atoms with Crippen LogP contribution in [0.2, 0.25) is 0 Å².